The van der Waals surface area contributed by atoms with E-state index < -0.39 is 0 Å². The summed E-state index contributed by atoms with van der Waals surface area (Å²) < 4.78 is 2.63. The highest BCUT2D eigenvalue weighted by molar-refractivity contribution is 7.25. The van der Waals surface area contributed by atoms with Gasteiger partial charge in [0.05, 0.1) is 0 Å². The third kappa shape index (κ3) is 4.32. The minimum atomic E-state index is 0.217. The molecule has 1 nitrogen and oxygen atoms in total. The molecule has 5 aliphatic carbocycles. The number of hydrogen-bond donors (Lipinski definition) is 0. The van der Waals surface area contributed by atoms with Gasteiger partial charge in [-0.15, -0.1) is 11.3 Å². The van der Waals surface area contributed by atoms with Gasteiger partial charge >= 0.3 is 0 Å². The lowest BCUT2D eigenvalue weighted by molar-refractivity contribution is -0.231. The standard InChI is InChI=1S/C58H43NS/c1-3-11-37(12-4-1)38-19-22-42(23-20-38)59(44-25-27-48-47-16-8-10-18-53(47)60-54(48)34-44)43-24-26-45(49(33-43)39-13-5-2-6-14-39)40-21-28-52-50(31-40)46-15-7-9-17-51(46)58(52)55-30-36-29-41-32-56(58)57(41,55)35-36/h1-28,31,33-34,36,41,55-56H,29-30,32,35H2. The minimum absolute atomic E-state index is 0.217. The normalized spacial score (nSPS) is 24.9. The average Bonchev–Trinajstić information content (AvgIpc) is 4.04. The van der Waals surface area contributed by atoms with E-state index in [0.29, 0.717) is 5.41 Å². The molecule has 2 bridgehead atoms. The Balaban J connectivity index is 0.928. The molecule has 1 aromatic heterocycles. The molecule has 2 spiro atoms. The first-order chi connectivity index (χ1) is 29.7. The smallest absolute Gasteiger partial charge is 0.0476 e. The van der Waals surface area contributed by atoms with Gasteiger partial charge in [-0.2, -0.15) is 0 Å². The Morgan fingerprint density at radius 1 is 0.417 bits per heavy atom. The van der Waals surface area contributed by atoms with Crippen LogP contribution in [0.2, 0.25) is 0 Å². The molecule has 6 unspecified atom stereocenters. The van der Waals surface area contributed by atoms with E-state index >= 15 is 0 Å². The van der Waals surface area contributed by atoms with Crippen LogP contribution >= 0.6 is 11.3 Å². The van der Waals surface area contributed by atoms with E-state index in [2.05, 4.69) is 193 Å². The zero-order chi connectivity index (χ0) is 39.2. The van der Waals surface area contributed by atoms with Crippen molar-refractivity contribution in [1.29, 1.82) is 0 Å². The Hall–Kier alpha value is -6.22. The number of fused-ring (bicyclic) bond motifs is 11. The summed E-state index contributed by atoms with van der Waals surface area (Å²) in [5.41, 5.74) is 18.0. The van der Waals surface area contributed by atoms with Gasteiger partial charge in [0.15, 0.2) is 0 Å². The molecule has 286 valence electrons. The molecule has 1 heterocycles. The van der Waals surface area contributed by atoms with Gasteiger partial charge in [-0.05, 0) is 159 Å². The quantitative estimate of drug-likeness (QED) is 0.162. The van der Waals surface area contributed by atoms with E-state index in [9.17, 15) is 0 Å². The van der Waals surface area contributed by atoms with Gasteiger partial charge < -0.3 is 4.90 Å². The Kier molecular flexibility index (Phi) is 6.82. The van der Waals surface area contributed by atoms with Crippen molar-refractivity contribution in [3.63, 3.8) is 0 Å². The highest BCUT2D eigenvalue weighted by Gasteiger charge is 2.84. The van der Waals surface area contributed by atoms with Crippen molar-refractivity contribution in [1.82, 2.24) is 0 Å². The Bertz CT molecular complexity index is 3200. The number of nitrogens with zero attached hydrogens (tertiary/aromatic N) is 1. The van der Waals surface area contributed by atoms with E-state index in [0.717, 1.165) is 40.7 Å². The first-order valence-corrected chi connectivity index (χ1v) is 22.8. The number of anilines is 3. The fourth-order valence-electron chi connectivity index (χ4n) is 14.0. The summed E-state index contributed by atoms with van der Waals surface area (Å²) in [6, 6.07) is 70.9. The average molecular weight is 786 g/mol. The monoisotopic (exact) mass is 785 g/mol. The molecule has 9 aromatic rings. The van der Waals surface area contributed by atoms with Gasteiger partial charge in [-0.3, -0.25) is 0 Å². The van der Waals surface area contributed by atoms with Crippen molar-refractivity contribution in [2.45, 2.75) is 31.1 Å². The lowest BCUT2D eigenvalue weighted by Gasteiger charge is -2.76. The third-order valence-electron chi connectivity index (χ3n) is 16.1. The molecule has 0 aliphatic heterocycles. The predicted molar refractivity (Wildman–Crippen MR) is 251 cm³/mol. The van der Waals surface area contributed by atoms with Crippen molar-refractivity contribution < 1.29 is 0 Å². The summed E-state index contributed by atoms with van der Waals surface area (Å²) in [5, 5.41) is 2.64. The van der Waals surface area contributed by atoms with Crippen molar-refractivity contribution in [2.75, 3.05) is 4.90 Å². The maximum Gasteiger partial charge on any atom is 0.0476 e. The summed E-state index contributed by atoms with van der Waals surface area (Å²) in [4.78, 5) is 2.45. The van der Waals surface area contributed by atoms with Crippen LogP contribution in [0.1, 0.15) is 36.8 Å². The molecule has 4 fully saturated rings. The van der Waals surface area contributed by atoms with E-state index in [4.69, 9.17) is 0 Å². The molecule has 0 amide bonds. The van der Waals surface area contributed by atoms with Crippen LogP contribution in [-0.2, 0) is 5.41 Å². The second kappa shape index (κ2) is 12.2. The highest BCUT2D eigenvalue weighted by atomic mass is 32.1. The van der Waals surface area contributed by atoms with Gasteiger partial charge in [0.2, 0.25) is 0 Å². The SMILES string of the molecule is c1ccc(-c2ccc(N(c3ccc(-c4ccc5c(c4)-c4ccccc4C54C5CC6CC7CC4C75C6)c(-c4ccccc4)c3)c3ccc4c(c3)sc3ccccc34)cc2)cc1. The first-order valence-electron chi connectivity index (χ1n) is 22.0. The summed E-state index contributed by atoms with van der Waals surface area (Å²) in [6.07, 6.45) is 5.88. The molecule has 0 N–H and O–H groups in total. The van der Waals surface area contributed by atoms with E-state index in [1.807, 2.05) is 11.3 Å². The molecular formula is C58H43NS. The third-order valence-corrected chi connectivity index (χ3v) is 17.3. The Morgan fingerprint density at radius 2 is 1.07 bits per heavy atom. The fraction of sp³-hybridized carbons (Fsp3) is 0.172. The van der Waals surface area contributed by atoms with Crippen molar-refractivity contribution >= 4 is 48.6 Å². The first kappa shape index (κ1) is 33.6. The van der Waals surface area contributed by atoms with Crippen LogP contribution in [0.4, 0.5) is 17.1 Å². The van der Waals surface area contributed by atoms with Crippen LogP contribution < -0.4 is 4.90 Å². The van der Waals surface area contributed by atoms with Crippen molar-refractivity contribution in [3.05, 3.63) is 199 Å². The summed E-state index contributed by atoms with van der Waals surface area (Å²) in [5.74, 6) is 3.59. The second-order valence-corrected chi connectivity index (χ2v) is 19.6. The Morgan fingerprint density at radius 3 is 1.92 bits per heavy atom. The molecule has 0 saturated heterocycles. The number of rotatable bonds is 6. The van der Waals surface area contributed by atoms with Gasteiger partial charge in [-0.1, -0.05) is 140 Å². The van der Waals surface area contributed by atoms with Crippen LogP contribution in [0.25, 0.3) is 64.7 Å². The van der Waals surface area contributed by atoms with E-state index in [1.165, 1.54) is 90.4 Å². The van der Waals surface area contributed by atoms with Gasteiger partial charge in [0.25, 0.3) is 0 Å². The van der Waals surface area contributed by atoms with Crippen LogP contribution in [-0.4, -0.2) is 0 Å². The zero-order valence-corrected chi connectivity index (χ0v) is 34.2. The maximum absolute atomic E-state index is 2.57. The number of benzene rings is 8. The molecule has 2 heteroatoms. The van der Waals surface area contributed by atoms with Crippen LogP contribution in [0.15, 0.2) is 188 Å². The second-order valence-electron chi connectivity index (χ2n) is 18.5. The Labute approximate surface area is 355 Å². The number of thiophene rings is 1. The highest BCUT2D eigenvalue weighted by Crippen LogP contribution is 2.89. The maximum atomic E-state index is 2.57. The summed E-state index contributed by atoms with van der Waals surface area (Å²) in [7, 11) is 0. The fourth-order valence-corrected chi connectivity index (χ4v) is 15.1. The lowest BCUT2D eigenvalue weighted by Crippen LogP contribution is -2.73. The molecular weight excluding hydrogens is 743 g/mol. The molecule has 6 atom stereocenters. The zero-order valence-electron chi connectivity index (χ0n) is 33.4. The van der Waals surface area contributed by atoms with Gasteiger partial charge in [0.1, 0.15) is 0 Å². The summed E-state index contributed by atoms with van der Waals surface area (Å²) >= 11 is 1.88. The molecule has 8 aromatic carbocycles. The van der Waals surface area contributed by atoms with Crippen molar-refractivity contribution in [2.24, 2.45) is 29.1 Å². The summed E-state index contributed by atoms with van der Waals surface area (Å²) in [6.45, 7) is 0. The predicted octanol–water partition coefficient (Wildman–Crippen LogP) is 15.9. The molecule has 0 radical (unpaired) electrons. The van der Waals surface area contributed by atoms with E-state index in [-0.39, 0.29) is 5.41 Å². The molecule has 5 aliphatic rings. The molecule has 14 rings (SSSR count). The van der Waals surface area contributed by atoms with Crippen LogP contribution in [0.3, 0.4) is 0 Å². The van der Waals surface area contributed by atoms with Gasteiger partial charge in [-0.25, -0.2) is 0 Å². The molecule has 60 heavy (non-hydrogen) atoms. The molecule has 4 saturated carbocycles. The lowest BCUT2D eigenvalue weighted by atomic mass is 9.27. The van der Waals surface area contributed by atoms with Crippen LogP contribution in [0, 0.1) is 29.1 Å². The van der Waals surface area contributed by atoms with E-state index in [1.54, 1.807) is 11.1 Å². The van der Waals surface area contributed by atoms with Crippen LogP contribution in [0.5, 0.6) is 0 Å². The van der Waals surface area contributed by atoms with Gasteiger partial charge in [0, 0.05) is 42.6 Å². The largest absolute Gasteiger partial charge is 0.310 e. The van der Waals surface area contributed by atoms with Crippen molar-refractivity contribution in [3.8, 4) is 44.5 Å². The number of hydrogen-bond acceptors (Lipinski definition) is 2. The topological polar surface area (TPSA) is 3.24 Å². The minimum Gasteiger partial charge on any atom is -0.310 e.